The second-order valence-electron chi connectivity index (χ2n) is 9.13. The van der Waals surface area contributed by atoms with Crippen LogP contribution in [-0.4, -0.2) is 43.2 Å². The average Bonchev–Trinajstić information content (AvgIpc) is 2.73. The lowest BCUT2D eigenvalue weighted by Gasteiger charge is -2.38. The Hall–Kier alpha value is -0.570. The van der Waals surface area contributed by atoms with Gasteiger partial charge in [0.05, 0.1) is 26.2 Å². The highest BCUT2D eigenvalue weighted by Crippen LogP contribution is 2.16. The highest BCUT2D eigenvalue weighted by atomic mass is 16.5. The molecule has 0 rings (SSSR count). The minimum atomic E-state index is 0.0317. The standard InChI is InChI=1S/C26H54NO2/c1-5-9-13-14-15-16-17-18-19-20-24-29-26(28)25-27(21-10-6-2,22-11-7-3)23-12-8-4/h5-25H2,1-4H3/q+1. The summed E-state index contributed by atoms with van der Waals surface area (Å²) in [7, 11) is 0. The molecule has 0 atom stereocenters. The van der Waals surface area contributed by atoms with Crippen molar-refractivity contribution in [2.45, 2.75) is 130 Å². The molecular formula is C26H54NO2+. The molecule has 0 radical (unpaired) electrons. The quantitative estimate of drug-likeness (QED) is 0.104. The Morgan fingerprint density at radius 2 is 0.931 bits per heavy atom. The molecule has 0 aromatic heterocycles. The molecule has 0 aliphatic rings. The molecule has 0 saturated carbocycles. The van der Waals surface area contributed by atoms with E-state index in [9.17, 15) is 4.79 Å². The van der Waals surface area contributed by atoms with Gasteiger partial charge in [0, 0.05) is 0 Å². The number of quaternary nitrogens is 1. The van der Waals surface area contributed by atoms with Gasteiger partial charge in [-0.1, -0.05) is 105 Å². The fourth-order valence-electron chi connectivity index (χ4n) is 4.15. The Morgan fingerprint density at radius 3 is 1.34 bits per heavy atom. The molecule has 0 fully saturated rings. The number of hydrogen-bond acceptors (Lipinski definition) is 2. The van der Waals surface area contributed by atoms with Crippen LogP contribution in [-0.2, 0) is 9.53 Å². The summed E-state index contributed by atoms with van der Waals surface area (Å²) < 4.78 is 6.61. The lowest BCUT2D eigenvalue weighted by atomic mass is 10.1. The van der Waals surface area contributed by atoms with Crippen molar-refractivity contribution in [2.75, 3.05) is 32.8 Å². The van der Waals surface area contributed by atoms with Crippen molar-refractivity contribution in [2.24, 2.45) is 0 Å². The summed E-state index contributed by atoms with van der Waals surface area (Å²) in [5, 5.41) is 0. The van der Waals surface area contributed by atoms with Gasteiger partial charge < -0.3 is 9.22 Å². The molecule has 0 saturated heterocycles. The summed E-state index contributed by atoms with van der Waals surface area (Å²) in [6.07, 6.45) is 20.4. The summed E-state index contributed by atoms with van der Waals surface area (Å²) in [4.78, 5) is 12.6. The SMILES string of the molecule is CCCCCCCCCCCCOC(=O)C[N+](CCCC)(CCCC)CCCC. The topological polar surface area (TPSA) is 26.3 Å². The zero-order chi connectivity index (χ0) is 21.6. The largest absolute Gasteiger partial charge is 0.462 e. The van der Waals surface area contributed by atoms with Crippen LogP contribution in [0.3, 0.4) is 0 Å². The minimum absolute atomic E-state index is 0.0317. The van der Waals surface area contributed by atoms with Gasteiger partial charge in [0.25, 0.3) is 0 Å². The molecule has 174 valence electrons. The number of carbonyl (C=O) groups is 1. The Bertz CT molecular complexity index is 335. The van der Waals surface area contributed by atoms with Gasteiger partial charge in [-0.25, -0.2) is 4.79 Å². The molecule has 3 heteroatoms. The fourth-order valence-corrected chi connectivity index (χ4v) is 4.15. The molecule has 3 nitrogen and oxygen atoms in total. The third kappa shape index (κ3) is 16.9. The van der Waals surface area contributed by atoms with E-state index in [1.165, 1.54) is 96.3 Å². The normalized spacial score (nSPS) is 11.7. The molecule has 0 aromatic carbocycles. The summed E-state index contributed by atoms with van der Waals surface area (Å²) >= 11 is 0. The number of carbonyl (C=O) groups excluding carboxylic acids is 1. The van der Waals surface area contributed by atoms with Crippen molar-refractivity contribution in [3.05, 3.63) is 0 Å². The van der Waals surface area contributed by atoms with Crippen LogP contribution >= 0.6 is 0 Å². The van der Waals surface area contributed by atoms with Gasteiger partial charge in [0.1, 0.15) is 0 Å². The first kappa shape index (κ1) is 28.4. The number of esters is 1. The van der Waals surface area contributed by atoms with Gasteiger partial charge in [0.2, 0.25) is 0 Å². The van der Waals surface area contributed by atoms with Crippen molar-refractivity contribution >= 4 is 5.97 Å². The highest BCUT2D eigenvalue weighted by Gasteiger charge is 2.29. The van der Waals surface area contributed by atoms with E-state index in [-0.39, 0.29) is 5.97 Å². The van der Waals surface area contributed by atoms with Crippen LogP contribution in [0.2, 0.25) is 0 Å². The Balaban J connectivity index is 4.07. The Kier molecular flexibility index (Phi) is 20.3. The van der Waals surface area contributed by atoms with E-state index in [4.69, 9.17) is 4.74 Å². The van der Waals surface area contributed by atoms with Crippen molar-refractivity contribution in [3.8, 4) is 0 Å². The van der Waals surface area contributed by atoms with E-state index in [0.717, 1.165) is 30.5 Å². The van der Waals surface area contributed by atoms with Crippen LogP contribution in [0.5, 0.6) is 0 Å². The summed E-state index contributed by atoms with van der Waals surface area (Å²) in [5.41, 5.74) is 0. The van der Waals surface area contributed by atoms with E-state index in [1.54, 1.807) is 0 Å². The minimum Gasteiger partial charge on any atom is -0.462 e. The summed E-state index contributed by atoms with van der Waals surface area (Å²) in [6.45, 7) is 13.6. The van der Waals surface area contributed by atoms with Gasteiger partial charge in [-0.2, -0.15) is 0 Å². The van der Waals surface area contributed by atoms with E-state index in [0.29, 0.717) is 13.2 Å². The molecule has 0 heterocycles. The fraction of sp³-hybridized carbons (Fsp3) is 0.962. The lowest BCUT2D eigenvalue weighted by molar-refractivity contribution is -0.922. The number of hydrogen-bond donors (Lipinski definition) is 0. The van der Waals surface area contributed by atoms with E-state index >= 15 is 0 Å². The van der Waals surface area contributed by atoms with Crippen LogP contribution in [0.4, 0.5) is 0 Å². The van der Waals surface area contributed by atoms with E-state index in [1.807, 2.05) is 0 Å². The van der Waals surface area contributed by atoms with Gasteiger partial charge in [0.15, 0.2) is 6.54 Å². The third-order valence-corrected chi connectivity index (χ3v) is 6.18. The smallest absolute Gasteiger partial charge is 0.361 e. The number of rotatable bonds is 22. The molecule has 0 amide bonds. The van der Waals surface area contributed by atoms with Gasteiger partial charge in [-0.3, -0.25) is 0 Å². The molecule has 0 aliphatic heterocycles. The van der Waals surface area contributed by atoms with E-state index in [2.05, 4.69) is 27.7 Å². The van der Waals surface area contributed by atoms with Crippen LogP contribution in [0.25, 0.3) is 0 Å². The maximum atomic E-state index is 12.6. The second kappa shape index (κ2) is 20.7. The summed E-state index contributed by atoms with van der Waals surface area (Å²) in [5.74, 6) is 0.0317. The average molecular weight is 413 g/mol. The third-order valence-electron chi connectivity index (χ3n) is 6.18. The lowest BCUT2D eigenvalue weighted by Crippen LogP contribution is -2.53. The second-order valence-corrected chi connectivity index (χ2v) is 9.13. The number of ether oxygens (including phenoxy) is 1. The molecule has 0 unspecified atom stereocenters. The first-order chi connectivity index (χ1) is 14.1. The maximum absolute atomic E-state index is 12.6. The van der Waals surface area contributed by atoms with Crippen molar-refractivity contribution < 1.29 is 14.0 Å². The molecule has 0 N–H and O–H groups in total. The number of nitrogens with zero attached hydrogens (tertiary/aromatic N) is 1. The Labute approximate surface area is 183 Å². The zero-order valence-electron chi connectivity index (χ0n) is 20.6. The predicted molar refractivity (Wildman–Crippen MR) is 127 cm³/mol. The first-order valence-electron chi connectivity index (χ1n) is 13.1. The van der Waals surface area contributed by atoms with Crippen LogP contribution in [0.1, 0.15) is 130 Å². The molecule has 0 aliphatic carbocycles. The molecule has 0 aromatic rings. The highest BCUT2D eigenvalue weighted by molar-refractivity contribution is 5.70. The van der Waals surface area contributed by atoms with Crippen LogP contribution in [0, 0.1) is 0 Å². The first-order valence-corrected chi connectivity index (χ1v) is 13.1. The van der Waals surface area contributed by atoms with Crippen molar-refractivity contribution in [1.82, 2.24) is 0 Å². The molecule has 0 bridgehead atoms. The molecule has 0 spiro atoms. The van der Waals surface area contributed by atoms with Gasteiger partial charge in [-0.15, -0.1) is 0 Å². The predicted octanol–water partition coefficient (Wildman–Crippen LogP) is 7.67. The van der Waals surface area contributed by atoms with Crippen molar-refractivity contribution in [3.63, 3.8) is 0 Å². The maximum Gasteiger partial charge on any atom is 0.361 e. The van der Waals surface area contributed by atoms with Gasteiger partial charge >= 0.3 is 5.97 Å². The van der Waals surface area contributed by atoms with Crippen LogP contribution in [0.15, 0.2) is 0 Å². The Morgan fingerprint density at radius 1 is 0.552 bits per heavy atom. The molecule has 29 heavy (non-hydrogen) atoms. The zero-order valence-corrected chi connectivity index (χ0v) is 20.6. The van der Waals surface area contributed by atoms with Crippen LogP contribution < -0.4 is 0 Å². The van der Waals surface area contributed by atoms with E-state index < -0.39 is 0 Å². The van der Waals surface area contributed by atoms with Gasteiger partial charge in [-0.05, 0) is 25.7 Å². The number of unbranched alkanes of at least 4 members (excludes halogenated alkanes) is 12. The summed E-state index contributed by atoms with van der Waals surface area (Å²) in [6, 6.07) is 0. The molecular weight excluding hydrogens is 358 g/mol. The van der Waals surface area contributed by atoms with Crippen molar-refractivity contribution in [1.29, 1.82) is 0 Å². The monoisotopic (exact) mass is 412 g/mol.